The molecule has 3 nitrogen and oxygen atoms in total. The predicted octanol–water partition coefficient (Wildman–Crippen LogP) is 1.57. The van der Waals surface area contributed by atoms with Gasteiger partial charge in [-0.2, -0.15) is 0 Å². The summed E-state index contributed by atoms with van der Waals surface area (Å²) in [4.78, 5) is 0. The van der Waals surface area contributed by atoms with Gasteiger partial charge < -0.3 is 14.8 Å². The first-order chi connectivity index (χ1) is 6.79. The van der Waals surface area contributed by atoms with E-state index in [1.165, 1.54) is 19.3 Å². The highest BCUT2D eigenvalue weighted by molar-refractivity contribution is 4.71. The van der Waals surface area contributed by atoms with Gasteiger partial charge in [-0.1, -0.05) is 6.42 Å². The van der Waals surface area contributed by atoms with Gasteiger partial charge in [0, 0.05) is 6.04 Å². The molecule has 0 aromatic heterocycles. The lowest BCUT2D eigenvalue weighted by Crippen LogP contribution is -2.37. The summed E-state index contributed by atoms with van der Waals surface area (Å²) in [6.07, 6.45) is 4.22. The second-order valence-electron chi connectivity index (χ2n) is 4.14. The largest absolute Gasteiger partial charge is 0.377 e. The standard InChI is InChI=1S/C11H23NO2/c1-10(2)14-8-7-13-9-11-5-3-4-6-12-11/h10-12H,3-9H2,1-2H3. The Morgan fingerprint density at radius 3 is 2.79 bits per heavy atom. The van der Waals surface area contributed by atoms with Gasteiger partial charge in [0.2, 0.25) is 0 Å². The maximum absolute atomic E-state index is 5.54. The predicted molar refractivity (Wildman–Crippen MR) is 57.5 cm³/mol. The molecule has 0 radical (unpaired) electrons. The number of hydrogen-bond acceptors (Lipinski definition) is 3. The van der Waals surface area contributed by atoms with Crippen molar-refractivity contribution in [3.05, 3.63) is 0 Å². The molecule has 1 unspecified atom stereocenters. The first-order valence-corrected chi connectivity index (χ1v) is 5.72. The lowest BCUT2D eigenvalue weighted by molar-refractivity contribution is 0.0121. The maximum atomic E-state index is 5.54. The van der Waals surface area contributed by atoms with Gasteiger partial charge in [0.15, 0.2) is 0 Å². The third-order valence-electron chi connectivity index (χ3n) is 2.41. The Hall–Kier alpha value is -0.120. The van der Waals surface area contributed by atoms with Gasteiger partial charge >= 0.3 is 0 Å². The molecule has 0 amide bonds. The molecule has 14 heavy (non-hydrogen) atoms. The van der Waals surface area contributed by atoms with Crippen molar-refractivity contribution in [2.45, 2.75) is 45.3 Å². The van der Waals surface area contributed by atoms with Gasteiger partial charge in [-0.3, -0.25) is 0 Å². The van der Waals surface area contributed by atoms with Gasteiger partial charge in [-0.15, -0.1) is 0 Å². The second-order valence-corrected chi connectivity index (χ2v) is 4.14. The van der Waals surface area contributed by atoms with Gasteiger partial charge in [0.1, 0.15) is 0 Å². The zero-order valence-electron chi connectivity index (χ0n) is 9.42. The molecule has 0 aliphatic carbocycles. The van der Waals surface area contributed by atoms with Gasteiger partial charge in [-0.25, -0.2) is 0 Å². The summed E-state index contributed by atoms with van der Waals surface area (Å²) in [5.74, 6) is 0. The van der Waals surface area contributed by atoms with E-state index in [9.17, 15) is 0 Å². The van der Waals surface area contributed by atoms with E-state index < -0.39 is 0 Å². The fraction of sp³-hybridized carbons (Fsp3) is 1.00. The van der Waals surface area contributed by atoms with Crippen LogP contribution in [0.2, 0.25) is 0 Å². The molecule has 1 fully saturated rings. The highest BCUT2D eigenvalue weighted by Gasteiger charge is 2.11. The summed E-state index contributed by atoms with van der Waals surface area (Å²) < 4.78 is 10.9. The molecule has 0 aromatic rings. The molecular formula is C11H23NO2. The molecular weight excluding hydrogens is 178 g/mol. The van der Waals surface area contributed by atoms with Crippen LogP contribution in [0.1, 0.15) is 33.1 Å². The van der Waals surface area contributed by atoms with E-state index in [-0.39, 0.29) is 0 Å². The van der Waals surface area contributed by atoms with E-state index in [1.807, 2.05) is 13.8 Å². The van der Waals surface area contributed by atoms with Crippen LogP contribution < -0.4 is 5.32 Å². The Morgan fingerprint density at radius 2 is 2.14 bits per heavy atom. The van der Waals surface area contributed by atoms with Crippen LogP contribution in [0.4, 0.5) is 0 Å². The minimum absolute atomic E-state index is 0.311. The molecule has 1 heterocycles. The van der Waals surface area contributed by atoms with Crippen molar-refractivity contribution in [3.8, 4) is 0 Å². The first kappa shape index (κ1) is 12.0. The van der Waals surface area contributed by atoms with Crippen molar-refractivity contribution in [1.82, 2.24) is 5.32 Å². The maximum Gasteiger partial charge on any atom is 0.0703 e. The number of nitrogens with one attached hydrogen (secondary N) is 1. The van der Waals surface area contributed by atoms with E-state index in [0.717, 1.165) is 19.8 Å². The Bertz CT molecular complexity index is 133. The smallest absolute Gasteiger partial charge is 0.0703 e. The second kappa shape index (κ2) is 7.21. The third-order valence-corrected chi connectivity index (χ3v) is 2.41. The van der Waals surface area contributed by atoms with Crippen molar-refractivity contribution in [2.75, 3.05) is 26.4 Å². The molecule has 1 N–H and O–H groups in total. The summed E-state index contributed by atoms with van der Waals surface area (Å²) in [6, 6.07) is 0.572. The molecule has 1 saturated heterocycles. The number of rotatable bonds is 6. The summed E-state index contributed by atoms with van der Waals surface area (Å²) in [5, 5.41) is 3.45. The number of hydrogen-bond donors (Lipinski definition) is 1. The summed E-state index contributed by atoms with van der Waals surface area (Å²) in [6.45, 7) is 7.50. The van der Waals surface area contributed by atoms with Crippen LogP contribution in [-0.4, -0.2) is 38.5 Å². The topological polar surface area (TPSA) is 30.5 Å². The van der Waals surface area contributed by atoms with Crippen LogP contribution in [-0.2, 0) is 9.47 Å². The fourth-order valence-electron chi connectivity index (χ4n) is 1.63. The first-order valence-electron chi connectivity index (χ1n) is 5.72. The summed E-state index contributed by atoms with van der Waals surface area (Å²) >= 11 is 0. The van der Waals surface area contributed by atoms with Crippen molar-refractivity contribution in [1.29, 1.82) is 0 Å². The van der Waals surface area contributed by atoms with Crippen LogP contribution in [0.3, 0.4) is 0 Å². The monoisotopic (exact) mass is 201 g/mol. The highest BCUT2D eigenvalue weighted by atomic mass is 16.5. The van der Waals surface area contributed by atoms with Crippen LogP contribution in [0.15, 0.2) is 0 Å². The third kappa shape index (κ3) is 5.58. The van der Waals surface area contributed by atoms with E-state index in [4.69, 9.17) is 9.47 Å². The molecule has 0 aromatic carbocycles. The lowest BCUT2D eigenvalue weighted by atomic mass is 10.1. The summed E-state index contributed by atoms with van der Waals surface area (Å²) in [5.41, 5.74) is 0. The average Bonchev–Trinajstić information content (AvgIpc) is 2.18. The van der Waals surface area contributed by atoms with Crippen molar-refractivity contribution < 1.29 is 9.47 Å². The SMILES string of the molecule is CC(C)OCCOCC1CCCCN1. The van der Waals surface area contributed by atoms with Gasteiger partial charge in [-0.05, 0) is 33.2 Å². The quantitative estimate of drug-likeness (QED) is 0.662. The molecule has 1 atom stereocenters. The molecule has 0 saturated carbocycles. The van der Waals surface area contributed by atoms with Gasteiger partial charge in [0.05, 0.1) is 25.9 Å². The van der Waals surface area contributed by atoms with Crippen LogP contribution in [0.5, 0.6) is 0 Å². The Labute approximate surface area is 87.2 Å². The van der Waals surface area contributed by atoms with Crippen molar-refractivity contribution >= 4 is 0 Å². The normalized spacial score (nSPS) is 22.9. The zero-order chi connectivity index (χ0) is 10.2. The summed E-state index contributed by atoms with van der Waals surface area (Å²) in [7, 11) is 0. The minimum Gasteiger partial charge on any atom is -0.377 e. The molecule has 0 bridgehead atoms. The van der Waals surface area contributed by atoms with Crippen molar-refractivity contribution in [2.24, 2.45) is 0 Å². The Kier molecular flexibility index (Phi) is 6.15. The van der Waals surface area contributed by atoms with E-state index in [0.29, 0.717) is 18.8 Å². The molecule has 1 rings (SSSR count). The number of piperidine rings is 1. The van der Waals surface area contributed by atoms with Crippen LogP contribution in [0, 0.1) is 0 Å². The molecule has 0 spiro atoms. The fourth-order valence-corrected chi connectivity index (χ4v) is 1.63. The zero-order valence-corrected chi connectivity index (χ0v) is 9.42. The lowest BCUT2D eigenvalue weighted by Gasteiger charge is -2.23. The van der Waals surface area contributed by atoms with Crippen molar-refractivity contribution in [3.63, 3.8) is 0 Å². The Balaban J connectivity index is 1.87. The molecule has 3 heteroatoms. The molecule has 1 aliphatic rings. The van der Waals surface area contributed by atoms with E-state index in [1.54, 1.807) is 0 Å². The Morgan fingerprint density at radius 1 is 1.29 bits per heavy atom. The van der Waals surface area contributed by atoms with Crippen LogP contribution >= 0.6 is 0 Å². The van der Waals surface area contributed by atoms with E-state index >= 15 is 0 Å². The molecule has 1 aliphatic heterocycles. The van der Waals surface area contributed by atoms with Crippen LogP contribution in [0.25, 0.3) is 0 Å². The average molecular weight is 201 g/mol. The number of ether oxygens (including phenoxy) is 2. The van der Waals surface area contributed by atoms with Gasteiger partial charge in [0.25, 0.3) is 0 Å². The molecule has 84 valence electrons. The minimum atomic E-state index is 0.311. The van der Waals surface area contributed by atoms with E-state index in [2.05, 4.69) is 5.32 Å². The highest BCUT2D eigenvalue weighted by Crippen LogP contribution is 2.06.